The fraction of sp³-hybridized carbons (Fsp3) is 0.500. The molecule has 4 rings (SSSR count). The molecule has 2 aliphatic carbocycles. The zero-order valence-corrected chi connectivity index (χ0v) is 10.3. The van der Waals surface area contributed by atoms with Gasteiger partial charge in [-0.15, -0.1) is 0 Å². The minimum atomic E-state index is 0.0299. The third kappa shape index (κ3) is 1.32. The second-order valence-corrected chi connectivity index (χ2v) is 5.75. The van der Waals surface area contributed by atoms with Crippen molar-refractivity contribution in [1.82, 2.24) is 9.55 Å². The van der Waals surface area contributed by atoms with Gasteiger partial charge >= 0.3 is 5.69 Å². The Labute approximate surface area is 105 Å². The first-order valence-electron chi connectivity index (χ1n) is 6.68. The van der Waals surface area contributed by atoms with Crippen molar-refractivity contribution in [3.05, 3.63) is 34.2 Å². The number of hydrogen-bond donors (Lipinski definition) is 2. The maximum absolute atomic E-state index is 11.9. The Bertz CT molecular complexity index is 674. The highest BCUT2D eigenvalue weighted by molar-refractivity contribution is 5.77. The second kappa shape index (κ2) is 3.26. The van der Waals surface area contributed by atoms with Crippen LogP contribution in [0.4, 0.5) is 0 Å². The van der Waals surface area contributed by atoms with Gasteiger partial charge in [0, 0.05) is 18.0 Å². The van der Waals surface area contributed by atoms with E-state index in [1.807, 2.05) is 4.57 Å². The van der Waals surface area contributed by atoms with Crippen LogP contribution >= 0.6 is 0 Å². The van der Waals surface area contributed by atoms with E-state index in [-0.39, 0.29) is 11.1 Å². The Hall–Kier alpha value is -1.55. The molecule has 1 aromatic heterocycles. The van der Waals surface area contributed by atoms with E-state index in [9.17, 15) is 4.79 Å². The zero-order chi connectivity index (χ0) is 12.3. The van der Waals surface area contributed by atoms with Crippen molar-refractivity contribution in [3.63, 3.8) is 0 Å². The third-order valence-electron chi connectivity index (χ3n) is 4.49. The van der Waals surface area contributed by atoms with Gasteiger partial charge in [0.25, 0.3) is 0 Å². The molecule has 0 bridgehead atoms. The van der Waals surface area contributed by atoms with Gasteiger partial charge in [-0.2, -0.15) is 0 Å². The number of nitrogens with zero attached hydrogens (tertiary/aromatic N) is 1. The number of rotatable bonds is 3. The van der Waals surface area contributed by atoms with Gasteiger partial charge in [-0.05, 0) is 43.4 Å². The van der Waals surface area contributed by atoms with Gasteiger partial charge in [-0.1, -0.05) is 6.07 Å². The van der Waals surface area contributed by atoms with Gasteiger partial charge in [0.1, 0.15) is 0 Å². The topological polar surface area (TPSA) is 63.8 Å². The van der Waals surface area contributed by atoms with Crippen LogP contribution in [0.25, 0.3) is 11.0 Å². The molecule has 1 heterocycles. The van der Waals surface area contributed by atoms with Crippen LogP contribution in [0.1, 0.15) is 37.3 Å². The summed E-state index contributed by atoms with van der Waals surface area (Å²) in [5, 5.41) is 0. The van der Waals surface area contributed by atoms with Crippen molar-refractivity contribution in [2.75, 3.05) is 6.54 Å². The Balaban J connectivity index is 1.89. The first kappa shape index (κ1) is 10.4. The van der Waals surface area contributed by atoms with Gasteiger partial charge in [0.05, 0.1) is 11.0 Å². The maximum atomic E-state index is 11.9. The van der Waals surface area contributed by atoms with Gasteiger partial charge in [-0.25, -0.2) is 4.79 Å². The molecular weight excluding hydrogens is 226 g/mol. The highest BCUT2D eigenvalue weighted by atomic mass is 16.1. The predicted octanol–water partition coefficient (Wildman–Crippen LogP) is 1.65. The summed E-state index contributed by atoms with van der Waals surface area (Å²) in [6, 6.07) is 6.77. The van der Waals surface area contributed by atoms with E-state index < -0.39 is 0 Å². The number of imidazole rings is 1. The molecule has 1 aromatic carbocycles. The lowest BCUT2D eigenvalue weighted by Gasteiger charge is -2.12. The normalized spacial score (nSPS) is 21.4. The summed E-state index contributed by atoms with van der Waals surface area (Å²) >= 11 is 0. The molecule has 2 aliphatic rings. The molecule has 0 atom stereocenters. The number of H-pyrrole nitrogens is 1. The largest absolute Gasteiger partial charge is 0.330 e. The molecule has 3 N–H and O–H groups in total. The van der Waals surface area contributed by atoms with Crippen molar-refractivity contribution in [3.8, 4) is 0 Å². The predicted molar refractivity (Wildman–Crippen MR) is 70.8 cm³/mol. The highest BCUT2D eigenvalue weighted by Crippen LogP contribution is 2.47. The summed E-state index contributed by atoms with van der Waals surface area (Å²) in [5.74, 6) is 0. The lowest BCUT2D eigenvalue weighted by Crippen LogP contribution is -2.19. The van der Waals surface area contributed by atoms with Gasteiger partial charge in [0.15, 0.2) is 0 Å². The molecule has 0 spiro atoms. The molecular formula is C14H17N3O. The SMILES string of the molecule is NCC1(c2ccc3c(c2)[nH]c(=O)n3C2CC2)CC1. The Morgan fingerprint density at radius 2 is 2.17 bits per heavy atom. The van der Waals surface area contributed by atoms with Crippen LogP contribution in [0.3, 0.4) is 0 Å². The summed E-state index contributed by atoms with van der Waals surface area (Å²) in [6.45, 7) is 0.700. The van der Waals surface area contributed by atoms with E-state index in [0.29, 0.717) is 12.6 Å². The molecule has 4 heteroatoms. The van der Waals surface area contributed by atoms with Crippen LogP contribution in [0.2, 0.25) is 0 Å². The number of nitrogens with one attached hydrogen (secondary N) is 1. The Morgan fingerprint density at radius 3 is 2.78 bits per heavy atom. The summed E-state index contributed by atoms with van der Waals surface area (Å²) in [4.78, 5) is 14.9. The molecule has 18 heavy (non-hydrogen) atoms. The fourth-order valence-corrected chi connectivity index (χ4v) is 2.92. The van der Waals surface area contributed by atoms with Crippen LogP contribution in [0.5, 0.6) is 0 Å². The summed E-state index contributed by atoms with van der Waals surface area (Å²) < 4.78 is 1.90. The standard InChI is InChI=1S/C14H17N3O/c15-8-14(5-6-14)9-1-4-12-11(7-9)16-13(18)17(12)10-2-3-10/h1,4,7,10H,2-3,5-6,8,15H2,(H,16,18). The molecule has 2 aromatic rings. The number of nitrogens with two attached hydrogens (primary N) is 1. The van der Waals surface area contributed by atoms with E-state index in [2.05, 4.69) is 23.2 Å². The van der Waals surface area contributed by atoms with E-state index in [1.165, 1.54) is 18.4 Å². The second-order valence-electron chi connectivity index (χ2n) is 5.75. The van der Waals surface area contributed by atoms with Crippen LogP contribution in [0, 0.1) is 0 Å². The molecule has 2 fully saturated rings. The van der Waals surface area contributed by atoms with Crippen LogP contribution < -0.4 is 11.4 Å². The Morgan fingerprint density at radius 1 is 1.39 bits per heavy atom. The summed E-state index contributed by atoms with van der Waals surface area (Å²) in [5.41, 5.74) is 9.36. The smallest absolute Gasteiger partial charge is 0.326 e. The molecule has 0 aliphatic heterocycles. The Kier molecular flexibility index (Phi) is 1.88. The van der Waals surface area contributed by atoms with Crippen LogP contribution in [-0.2, 0) is 5.41 Å². The quantitative estimate of drug-likeness (QED) is 0.861. The van der Waals surface area contributed by atoms with Crippen LogP contribution in [0.15, 0.2) is 23.0 Å². The average Bonchev–Trinajstić information content (AvgIpc) is 3.26. The van der Waals surface area contributed by atoms with Crippen molar-refractivity contribution in [1.29, 1.82) is 0 Å². The molecule has 2 saturated carbocycles. The molecule has 0 unspecified atom stereocenters. The van der Waals surface area contributed by atoms with Crippen LogP contribution in [-0.4, -0.2) is 16.1 Å². The maximum Gasteiger partial charge on any atom is 0.326 e. The first-order valence-corrected chi connectivity index (χ1v) is 6.68. The number of benzene rings is 1. The van der Waals surface area contributed by atoms with E-state index in [4.69, 9.17) is 5.73 Å². The fourth-order valence-electron chi connectivity index (χ4n) is 2.92. The van der Waals surface area contributed by atoms with Crippen molar-refractivity contribution in [2.45, 2.75) is 37.1 Å². The van der Waals surface area contributed by atoms with Gasteiger partial charge in [-0.3, -0.25) is 4.57 Å². The molecule has 0 saturated heterocycles. The van der Waals surface area contributed by atoms with E-state index in [1.54, 1.807) is 0 Å². The van der Waals surface area contributed by atoms with Crippen molar-refractivity contribution in [2.24, 2.45) is 5.73 Å². The average molecular weight is 243 g/mol. The van der Waals surface area contributed by atoms with Crippen molar-refractivity contribution < 1.29 is 0 Å². The van der Waals surface area contributed by atoms with Crippen molar-refractivity contribution >= 4 is 11.0 Å². The number of hydrogen-bond acceptors (Lipinski definition) is 2. The minimum absolute atomic E-state index is 0.0299. The minimum Gasteiger partial charge on any atom is -0.330 e. The summed E-state index contributed by atoms with van der Waals surface area (Å²) in [6.07, 6.45) is 4.59. The number of aromatic amines is 1. The highest BCUT2D eigenvalue weighted by Gasteiger charge is 2.43. The zero-order valence-electron chi connectivity index (χ0n) is 10.3. The molecule has 0 radical (unpaired) electrons. The molecule has 4 nitrogen and oxygen atoms in total. The van der Waals surface area contributed by atoms with Gasteiger partial charge < -0.3 is 10.7 Å². The number of fused-ring (bicyclic) bond motifs is 1. The van der Waals surface area contributed by atoms with E-state index in [0.717, 1.165) is 23.9 Å². The molecule has 94 valence electrons. The molecule has 0 amide bonds. The summed E-state index contributed by atoms with van der Waals surface area (Å²) in [7, 11) is 0. The lowest BCUT2D eigenvalue weighted by atomic mass is 9.96. The number of aromatic nitrogens is 2. The first-order chi connectivity index (χ1) is 8.73. The third-order valence-corrected chi connectivity index (χ3v) is 4.49. The van der Waals surface area contributed by atoms with Gasteiger partial charge in [0.2, 0.25) is 0 Å². The lowest BCUT2D eigenvalue weighted by molar-refractivity contribution is 0.705. The van der Waals surface area contributed by atoms with E-state index >= 15 is 0 Å². The monoisotopic (exact) mass is 243 g/mol.